The molecule has 3 nitrogen and oxygen atoms in total. The van der Waals surface area contributed by atoms with Crippen LogP contribution in [0.2, 0.25) is 5.02 Å². The van der Waals surface area contributed by atoms with Gasteiger partial charge in [-0.2, -0.15) is 0 Å². The Hall–Kier alpha value is -2.07. The summed E-state index contributed by atoms with van der Waals surface area (Å²) in [5.74, 6) is -1.38. The summed E-state index contributed by atoms with van der Waals surface area (Å²) in [5, 5.41) is 12.3. The summed E-state index contributed by atoms with van der Waals surface area (Å²) in [6.07, 6.45) is 0. The van der Waals surface area contributed by atoms with Gasteiger partial charge in [0.1, 0.15) is 11.6 Å². The minimum Gasteiger partial charge on any atom is -0.507 e. The Labute approximate surface area is 114 Å². The van der Waals surface area contributed by atoms with Crippen molar-refractivity contribution in [2.45, 2.75) is 6.92 Å². The molecule has 0 atom stereocenters. The molecule has 2 N–H and O–H groups in total. The van der Waals surface area contributed by atoms with Gasteiger partial charge in [-0.1, -0.05) is 29.8 Å². The zero-order chi connectivity index (χ0) is 14.0. The second-order valence-corrected chi connectivity index (χ2v) is 4.43. The van der Waals surface area contributed by atoms with Gasteiger partial charge in [0.25, 0.3) is 5.91 Å². The Balaban J connectivity index is 2.34. The van der Waals surface area contributed by atoms with E-state index in [1.54, 1.807) is 19.1 Å². The zero-order valence-electron chi connectivity index (χ0n) is 10.1. The molecule has 0 bridgehead atoms. The third-order valence-electron chi connectivity index (χ3n) is 2.68. The fraction of sp³-hybridized carbons (Fsp3) is 0.0714. The molecule has 0 radical (unpaired) electrons. The number of carbonyl (C=O) groups excluding carboxylic acids is 1. The monoisotopic (exact) mass is 279 g/mol. The van der Waals surface area contributed by atoms with Crippen molar-refractivity contribution >= 4 is 23.2 Å². The number of aryl methyl sites for hydroxylation is 1. The Kier molecular flexibility index (Phi) is 3.71. The molecule has 1 amide bonds. The molecule has 0 fully saturated rings. The fourth-order valence-corrected chi connectivity index (χ4v) is 1.85. The van der Waals surface area contributed by atoms with Crippen LogP contribution in [0, 0.1) is 12.7 Å². The van der Waals surface area contributed by atoms with Gasteiger partial charge in [-0.15, -0.1) is 0 Å². The third kappa shape index (κ3) is 2.69. The van der Waals surface area contributed by atoms with Gasteiger partial charge < -0.3 is 10.4 Å². The predicted octanol–water partition coefficient (Wildman–Crippen LogP) is 3.75. The number of rotatable bonds is 2. The molecule has 2 aromatic carbocycles. The normalized spacial score (nSPS) is 10.3. The lowest BCUT2D eigenvalue weighted by molar-refractivity contribution is 0.102. The number of anilines is 1. The van der Waals surface area contributed by atoms with Gasteiger partial charge in [0, 0.05) is 0 Å². The van der Waals surface area contributed by atoms with Gasteiger partial charge in [-0.3, -0.25) is 4.79 Å². The number of nitrogens with one attached hydrogen (secondary N) is 1. The molecule has 0 aromatic heterocycles. The molecule has 2 aromatic rings. The van der Waals surface area contributed by atoms with Crippen LogP contribution in [0.5, 0.6) is 5.75 Å². The van der Waals surface area contributed by atoms with E-state index < -0.39 is 11.7 Å². The Morgan fingerprint density at radius 1 is 1.26 bits per heavy atom. The van der Waals surface area contributed by atoms with Gasteiger partial charge in [-0.25, -0.2) is 4.39 Å². The summed E-state index contributed by atoms with van der Waals surface area (Å²) in [6.45, 7) is 1.67. The highest BCUT2D eigenvalue weighted by atomic mass is 35.5. The summed E-state index contributed by atoms with van der Waals surface area (Å²) < 4.78 is 13.5. The lowest BCUT2D eigenvalue weighted by atomic mass is 10.1. The number of hydrogen-bond acceptors (Lipinski definition) is 2. The topological polar surface area (TPSA) is 49.3 Å². The molecule has 2 rings (SSSR count). The molecule has 0 heterocycles. The number of phenols is 1. The van der Waals surface area contributed by atoms with E-state index in [0.29, 0.717) is 5.56 Å². The van der Waals surface area contributed by atoms with Crippen LogP contribution in [0.3, 0.4) is 0 Å². The molecular weight excluding hydrogens is 269 g/mol. The number of aromatic hydroxyl groups is 1. The molecule has 0 aliphatic heterocycles. The lowest BCUT2D eigenvalue weighted by Gasteiger charge is -2.10. The average molecular weight is 280 g/mol. The highest BCUT2D eigenvalue weighted by molar-refractivity contribution is 6.34. The molecule has 19 heavy (non-hydrogen) atoms. The van der Waals surface area contributed by atoms with E-state index in [-0.39, 0.29) is 22.0 Å². The second kappa shape index (κ2) is 5.28. The Morgan fingerprint density at radius 2 is 1.95 bits per heavy atom. The van der Waals surface area contributed by atoms with Crippen molar-refractivity contribution in [1.82, 2.24) is 0 Å². The number of benzene rings is 2. The van der Waals surface area contributed by atoms with Crippen molar-refractivity contribution in [3.63, 3.8) is 0 Å². The Morgan fingerprint density at radius 3 is 2.63 bits per heavy atom. The number of amides is 1. The first-order valence-electron chi connectivity index (χ1n) is 5.54. The minimum absolute atomic E-state index is 0.0688. The van der Waals surface area contributed by atoms with E-state index in [2.05, 4.69) is 5.32 Å². The average Bonchev–Trinajstić information content (AvgIpc) is 2.37. The first kappa shape index (κ1) is 13.4. The molecule has 0 unspecified atom stereocenters. The highest BCUT2D eigenvalue weighted by Crippen LogP contribution is 2.27. The largest absolute Gasteiger partial charge is 0.507 e. The maximum absolute atomic E-state index is 13.5. The van der Waals surface area contributed by atoms with E-state index in [1.165, 1.54) is 24.3 Å². The van der Waals surface area contributed by atoms with Crippen molar-refractivity contribution in [3.05, 3.63) is 58.4 Å². The van der Waals surface area contributed by atoms with Gasteiger partial charge in [0.05, 0.1) is 16.3 Å². The van der Waals surface area contributed by atoms with Gasteiger partial charge >= 0.3 is 0 Å². The lowest BCUT2D eigenvalue weighted by Crippen LogP contribution is -2.13. The highest BCUT2D eigenvalue weighted by Gasteiger charge is 2.16. The van der Waals surface area contributed by atoms with Crippen LogP contribution < -0.4 is 5.32 Å². The van der Waals surface area contributed by atoms with Gasteiger partial charge in [-0.05, 0) is 30.7 Å². The van der Waals surface area contributed by atoms with E-state index in [0.717, 1.165) is 0 Å². The molecular formula is C14H11ClFNO2. The zero-order valence-corrected chi connectivity index (χ0v) is 10.8. The first-order valence-corrected chi connectivity index (χ1v) is 5.92. The molecule has 0 aliphatic rings. The predicted molar refractivity (Wildman–Crippen MR) is 72.2 cm³/mol. The van der Waals surface area contributed by atoms with Crippen molar-refractivity contribution in [3.8, 4) is 5.75 Å². The van der Waals surface area contributed by atoms with Crippen molar-refractivity contribution in [2.75, 3.05) is 5.32 Å². The van der Waals surface area contributed by atoms with Crippen LogP contribution in [0.4, 0.5) is 10.1 Å². The number of carbonyl (C=O) groups is 1. The smallest absolute Gasteiger partial charge is 0.259 e. The summed E-state index contributed by atoms with van der Waals surface area (Å²) in [5.41, 5.74) is 0.529. The van der Waals surface area contributed by atoms with Gasteiger partial charge in [0.2, 0.25) is 0 Å². The van der Waals surface area contributed by atoms with E-state index in [4.69, 9.17) is 11.6 Å². The van der Waals surface area contributed by atoms with Crippen LogP contribution in [0.1, 0.15) is 15.9 Å². The summed E-state index contributed by atoms with van der Waals surface area (Å²) >= 11 is 5.81. The third-order valence-corrected chi connectivity index (χ3v) is 3.00. The number of para-hydroxylation sites is 2. The fourth-order valence-electron chi connectivity index (χ4n) is 1.64. The van der Waals surface area contributed by atoms with Crippen LogP contribution >= 0.6 is 11.6 Å². The van der Waals surface area contributed by atoms with Crippen LogP contribution in [0.15, 0.2) is 36.4 Å². The molecule has 5 heteroatoms. The quantitative estimate of drug-likeness (QED) is 0.880. The van der Waals surface area contributed by atoms with Gasteiger partial charge in [0.15, 0.2) is 0 Å². The maximum Gasteiger partial charge on any atom is 0.259 e. The number of halogens is 2. The van der Waals surface area contributed by atoms with Crippen LogP contribution in [-0.4, -0.2) is 11.0 Å². The molecule has 0 saturated carbocycles. The first-order chi connectivity index (χ1) is 9.00. The van der Waals surface area contributed by atoms with E-state index >= 15 is 0 Å². The SMILES string of the molecule is Cc1cccc(C(=O)Nc2c(F)cccc2Cl)c1O. The second-order valence-electron chi connectivity index (χ2n) is 4.02. The summed E-state index contributed by atoms with van der Waals surface area (Å²) in [4.78, 5) is 12.0. The summed E-state index contributed by atoms with van der Waals surface area (Å²) in [7, 11) is 0. The number of phenolic OH excluding ortho intramolecular Hbond substituents is 1. The molecule has 0 aliphatic carbocycles. The standard InChI is InChI=1S/C14H11ClFNO2/c1-8-4-2-5-9(13(8)18)14(19)17-12-10(15)6-3-7-11(12)16/h2-7,18H,1H3,(H,17,19). The van der Waals surface area contributed by atoms with E-state index in [1.807, 2.05) is 0 Å². The minimum atomic E-state index is -0.631. The van der Waals surface area contributed by atoms with Crippen molar-refractivity contribution < 1.29 is 14.3 Å². The maximum atomic E-state index is 13.5. The van der Waals surface area contributed by atoms with Crippen LogP contribution in [0.25, 0.3) is 0 Å². The van der Waals surface area contributed by atoms with Crippen molar-refractivity contribution in [1.29, 1.82) is 0 Å². The number of hydrogen-bond donors (Lipinski definition) is 2. The molecule has 98 valence electrons. The molecule has 0 spiro atoms. The van der Waals surface area contributed by atoms with Crippen LogP contribution in [-0.2, 0) is 0 Å². The summed E-state index contributed by atoms with van der Waals surface area (Å²) in [6, 6.07) is 8.85. The van der Waals surface area contributed by atoms with E-state index in [9.17, 15) is 14.3 Å². The molecule has 0 saturated heterocycles. The Bertz CT molecular complexity index is 623. The van der Waals surface area contributed by atoms with Crippen molar-refractivity contribution in [2.24, 2.45) is 0 Å².